The van der Waals surface area contributed by atoms with Crippen LogP contribution in [0, 0.1) is 0 Å². The summed E-state index contributed by atoms with van der Waals surface area (Å²) in [6.07, 6.45) is -2.34. The molecule has 0 aliphatic heterocycles. The first-order chi connectivity index (χ1) is 8.47. The fraction of sp³-hybridized carbons (Fsp3) is 0.538. The third kappa shape index (κ3) is 2.61. The Balaban J connectivity index is 2.38. The van der Waals surface area contributed by atoms with Crippen molar-refractivity contribution in [2.75, 3.05) is 11.4 Å². The predicted octanol–water partition coefficient (Wildman–Crippen LogP) is 3.19. The average molecular weight is 259 g/mol. The molecule has 0 saturated heterocycles. The van der Waals surface area contributed by atoms with Crippen molar-refractivity contribution in [3.05, 3.63) is 29.3 Å². The first kappa shape index (κ1) is 13.2. The Hall–Kier alpha value is -1.23. The Bertz CT molecular complexity index is 427. The number of hydrogen-bond acceptors (Lipinski definition) is 2. The zero-order valence-corrected chi connectivity index (χ0v) is 10.2. The van der Waals surface area contributed by atoms with Gasteiger partial charge in [-0.25, -0.2) is 0 Å². The van der Waals surface area contributed by atoms with Crippen LogP contribution in [-0.4, -0.2) is 17.7 Å². The SMILES string of the molecule is CCN(c1ccc(CO)c(C(F)(F)F)c1)C1CC1. The molecule has 0 radical (unpaired) electrons. The summed E-state index contributed by atoms with van der Waals surface area (Å²) in [6.45, 7) is 2.04. The molecule has 0 aromatic heterocycles. The van der Waals surface area contributed by atoms with E-state index in [9.17, 15) is 13.2 Å². The zero-order chi connectivity index (χ0) is 13.3. The molecular weight excluding hydrogens is 243 g/mol. The van der Waals surface area contributed by atoms with Gasteiger partial charge in [0.25, 0.3) is 0 Å². The predicted molar refractivity (Wildman–Crippen MR) is 63.4 cm³/mol. The van der Waals surface area contributed by atoms with E-state index in [1.807, 2.05) is 11.8 Å². The molecule has 0 bridgehead atoms. The number of anilines is 1. The molecular formula is C13H16F3NO. The van der Waals surface area contributed by atoms with Crippen LogP contribution in [0.15, 0.2) is 18.2 Å². The first-order valence-corrected chi connectivity index (χ1v) is 6.05. The summed E-state index contributed by atoms with van der Waals surface area (Å²) in [4.78, 5) is 1.98. The normalized spacial score (nSPS) is 15.8. The highest BCUT2D eigenvalue weighted by molar-refractivity contribution is 5.53. The van der Waals surface area contributed by atoms with Crippen molar-refractivity contribution in [2.24, 2.45) is 0 Å². The number of hydrogen-bond donors (Lipinski definition) is 1. The standard InChI is InChI=1S/C13H16F3NO/c1-2-17(10-5-6-10)11-4-3-9(8-18)12(7-11)13(14,15)16/h3-4,7,10,18H,2,5-6,8H2,1H3. The van der Waals surface area contributed by atoms with Gasteiger partial charge in [0.15, 0.2) is 0 Å². The highest BCUT2D eigenvalue weighted by Crippen LogP contribution is 2.37. The molecule has 5 heteroatoms. The molecule has 0 spiro atoms. The van der Waals surface area contributed by atoms with E-state index in [1.54, 1.807) is 6.07 Å². The molecule has 1 aliphatic rings. The van der Waals surface area contributed by atoms with Gasteiger partial charge in [0, 0.05) is 18.3 Å². The van der Waals surface area contributed by atoms with E-state index in [2.05, 4.69) is 0 Å². The lowest BCUT2D eigenvalue weighted by atomic mass is 10.1. The van der Waals surface area contributed by atoms with Gasteiger partial charge in [-0.3, -0.25) is 0 Å². The van der Waals surface area contributed by atoms with Gasteiger partial charge in [0.1, 0.15) is 0 Å². The van der Waals surface area contributed by atoms with Crippen LogP contribution in [0.2, 0.25) is 0 Å². The zero-order valence-electron chi connectivity index (χ0n) is 10.2. The minimum atomic E-state index is -4.42. The maximum Gasteiger partial charge on any atom is 0.416 e. The fourth-order valence-corrected chi connectivity index (χ4v) is 2.18. The van der Waals surface area contributed by atoms with Crippen LogP contribution >= 0.6 is 0 Å². The van der Waals surface area contributed by atoms with Crippen molar-refractivity contribution in [1.82, 2.24) is 0 Å². The lowest BCUT2D eigenvalue weighted by Gasteiger charge is -2.24. The quantitative estimate of drug-likeness (QED) is 0.897. The summed E-state index contributed by atoms with van der Waals surface area (Å²) < 4.78 is 38.6. The van der Waals surface area contributed by atoms with Gasteiger partial charge in [-0.1, -0.05) is 6.07 Å². The van der Waals surface area contributed by atoms with E-state index in [0.29, 0.717) is 18.3 Å². The molecule has 1 aromatic carbocycles. The van der Waals surface area contributed by atoms with Crippen molar-refractivity contribution in [2.45, 2.75) is 38.6 Å². The molecule has 18 heavy (non-hydrogen) atoms. The van der Waals surface area contributed by atoms with Crippen LogP contribution < -0.4 is 4.90 Å². The van der Waals surface area contributed by atoms with Crippen molar-refractivity contribution >= 4 is 5.69 Å². The van der Waals surface area contributed by atoms with Crippen molar-refractivity contribution in [3.63, 3.8) is 0 Å². The topological polar surface area (TPSA) is 23.5 Å². The maximum absolute atomic E-state index is 12.9. The molecule has 2 rings (SSSR count). The van der Waals surface area contributed by atoms with E-state index < -0.39 is 18.3 Å². The minimum Gasteiger partial charge on any atom is -0.392 e. The van der Waals surface area contributed by atoms with E-state index in [0.717, 1.165) is 18.9 Å². The molecule has 1 aromatic rings. The number of aliphatic hydroxyl groups excluding tert-OH is 1. The summed E-state index contributed by atoms with van der Waals surface area (Å²) in [5.74, 6) is 0. The lowest BCUT2D eigenvalue weighted by molar-refractivity contribution is -0.138. The van der Waals surface area contributed by atoms with Gasteiger partial charge in [0.2, 0.25) is 0 Å². The van der Waals surface area contributed by atoms with Crippen LogP contribution in [-0.2, 0) is 12.8 Å². The molecule has 1 aliphatic carbocycles. The number of benzene rings is 1. The Labute approximate surface area is 104 Å². The highest BCUT2D eigenvalue weighted by atomic mass is 19.4. The third-order valence-electron chi connectivity index (χ3n) is 3.23. The van der Waals surface area contributed by atoms with E-state index in [1.165, 1.54) is 6.07 Å². The van der Waals surface area contributed by atoms with Crippen molar-refractivity contribution in [1.29, 1.82) is 0 Å². The lowest BCUT2D eigenvalue weighted by Crippen LogP contribution is -2.25. The minimum absolute atomic E-state index is 0.0712. The van der Waals surface area contributed by atoms with Gasteiger partial charge in [-0.2, -0.15) is 13.2 Å². The number of halogens is 3. The molecule has 1 fully saturated rings. The van der Waals surface area contributed by atoms with Crippen LogP contribution in [0.4, 0.5) is 18.9 Å². The summed E-state index contributed by atoms with van der Waals surface area (Å²) >= 11 is 0. The fourth-order valence-electron chi connectivity index (χ4n) is 2.18. The van der Waals surface area contributed by atoms with Crippen LogP contribution in [0.5, 0.6) is 0 Å². The number of nitrogens with zero attached hydrogens (tertiary/aromatic N) is 1. The van der Waals surface area contributed by atoms with E-state index in [-0.39, 0.29) is 5.56 Å². The Morgan fingerprint density at radius 3 is 2.44 bits per heavy atom. The molecule has 0 heterocycles. The van der Waals surface area contributed by atoms with Crippen LogP contribution in [0.25, 0.3) is 0 Å². The third-order valence-corrected chi connectivity index (χ3v) is 3.23. The number of rotatable bonds is 4. The Morgan fingerprint density at radius 1 is 1.33 bits per heavy atom. The van der Waals surface area contributed by atoms with Gasteiger partial charge in [-0.05, 0) is 37.5 Å². The highest BCUT2D eigenvalue weighted by Gasteiger charge is 2.35. The Kier molecular flexibility index (Phi) is 3.52. The smallest absolute Gasteiger partial charge is 0.392 e. The van der Waals surface area contributed by atoms with Crippen molar-refractivity contribution < 1.29 is 18.3 Å². The van der Waals surface area contributed by atoms with E-state index >= 15 is 0 Å². The second-order valence-electron chi connectivity index (χ2n) is 4.51. The monoisotopic (exact) mass is 259 g/mol. The van der Waals surface area contributed by atoms with Crippen LogP contribution in [0.1, 0.15) is 30.9 Å². The second kappa shape index (κ2) is 4.80. The maximum atomic E-state index is 12.9. The number of aliphatic hydroxyl groups is 1. The summed E-state index contributed by atoms with van der Waals surface area (Å²) in [6, 6.07) is 4.54. The molecule has 100 valence electrons. The van der Waals surface area contributed by atoms with E-state index in [4.69, 9.17) is 5.11 Å². The Morgan fingerprint density at radius 2 is 2.00 bits per heavy atom. The average Bonchev–Trinajstić information content (AvgIpc) is 3.13. The summed E-state index contributed by atoms with van der Waals surface area (Å²) in [5.41, 5.74) is -0.218. The van der Waals surface area contributed by atoms with Gasteiger partial charge >= 0.3 is 6.18 Å². The van der Waals surface area contributed by atoms with Gasteiger partial charge in [-0.15, -0.1) is 0 Å². The number of alkyl halides is 3. The molecule has 1 N–H and O–H groups in total. The molecule has 0 atom stereocenters. The molecule has 0 amide bonds. The van der Waals surface area contributed by atoms with Gasteiger partial charge in [0.05, 0.1) is 12.2 Å². The first-order valence-electron chi connectivity index (χ1n) is 6.05. The summed E-state index contributed by atoms with van der Waals surface area (Å²) in [7, 11) is 0. The molecule has 1 saturated carbocycles. The molecule has 2 nitrogen and oxygen atoms in total. The van der Waals surface area contributed by atoms with Crippen LogP contribution in [0.3, 0.4) is 0 Å². The van der Waals surface area contributed by atoms with Gasteiger partial charge < -0.3 is 10.0 Å². The largest absolute Gasteiger partial charge is 0.416 e. The van der Waals surface area contributed by atoms with Crippen molar-refractivity contribution in [3.8, 4) is 0 Å². The summed E-state index contributed by atoms with van der Waals surface area (Å²) in [5, 5.41) is 8.98. The second-order valence-corrected chi connectivity index (χ2v) is 4.51. The molecule has 0 unspecified atom stereocenters.